The summed E-state index contributed by atoms with van der Waals surface area (Å²) in [7, 11) is 0. The van der Waals surface area contributed by atoms with Crippen molar-refractivity contribution in [3.63, 3.8) is 0 Å². The van der Waals surface area contributed by atoms with Crippen LogP contribution in [0.15, 0.2) is 79.1 Å². The van der Waals surface area contributed by atoms with Crippen LogP contribution in [0.4, 0.5) is 0 Å². The third-order valence-electron chi connectivity index (χ3n) is 4.21. The van der Waals surface area contributed by atoms with Gasteiger partial charge in [-0.2, -0.15) is 0 Å². The van der Waals surface area contributed by atoms with Crippen molar-refractivity contribution in [2.24, 2.45) is 0 Å². The van der Waals surface area contributed by atoms with E-state index in [0.717, 1.165) is 16.7 Å². The SMILES string of the molecule is CC(NCC(O)c1ccccc1)c1ccc(-c2cccnc2)cc1. The van der Waals surface area contributed by atoms with Gasteiger partial charge in [0.15, 0.2) is 0 Å². The summed E-state index contributed by atoms with van der Waals surface area (Å²) in [5, 5.41) is 13.6. The number of benzene rings is 2. The number of aliphatic hydroxyl groups excluding tert-OH is 1. The molecule has 122 valence electrons. The second-order valence-electron chi connectivity index (χ2n) is 5.92. The fraction of sp³-hybridized carbons (Fsp3) is 0.190. The molecule has 0 fully saturated rings. The maximum Gasteiger partial charge on any atom is 0.0914 e. The summed E-state index contributed by atoms with van der Waals surface area (Å²) < 4.78 is 0. The highest BCUT2D eigenvalue weighted by Crippen LogP contribution is 2.21. The first-order valence-electron chi connectivity index (χ1n) is 8.21. The minimum atomic E-state index is -0.497. The average Bonchev–Trinajstić information content (AvgIpc) is 2.67. The van der Waals surface area contributed by atoms with Crippen molar-refractivity contribution in [3.8, 4) is 11.1 Å². The number of hydrogen-bond acceptors (Lipinski definition) is 3. The van der Waals surface area contributed by atoms with Crippen molar-refractivity contribution < 1.29 is 5.11 Å². The quantitative estimate of drug-likeness (QED) is 0.718. The summed E-state index contributed by atoms with van der Waals surface area (Å²) in [6.45, 7) is 2.63. The molecule has 3 nitrogen and oxygen atoms in total. The van der Waals surface area contributed by atoms with Gasteiger partial charge < -0.3 is 10.4 Å². The predicted molar refractivity (Wildman–Crippen MR) is 97.5 cm³/mol. The number of aromatic nitrogens is 1. The van der Waals surface area contributed by atoms with Gasteiger partial charge in [0.25, 0.3) is 0 Å². The van der Waals surface area contributed by atoms with Crippen LogP contribution in [0.25, 0.3) is 11.1 Å². The lowest BCUT2D eigenvalue weighted by Crippen LogP contribution is -2.24. The van der Waals surface area contributed by atoms with Gasteiger partial charge in [0.1, 0.15) is 0 Å². The summed E-state index contributed by atoms with van der Waals surface area (Å²) in [5.74, 6) is 0. The molecule has 0 saturated heterocycles. The number of hydrogen-bond donors (Lipinski definition) is 2. The lowest BCUT2D eigenvalue weighted by molar-refractivity contribution is 0.171. The van der Waals surface area contributed by atoms with E-state index in [1.165, 1.54) is 5.56 Å². The zero-order valence-corrected chi connectivity index (χ0v) is 13.8. The van der Waals surface area contributed by atoms with Crippen molar-refractivity contribution in [1.82, 2.24) is 10.3 Å². The Hall–Kier alpha value is -2.49. The van der Waals surface area contributed by atoms with Crippen LogP contribution in [-0.4, -0.2) is 16.6 Å². The molecule has 3 heteroatoms. The van der Waals surface area contributed by atoms with Gasteiger partial charge in [-0.15, -0.1) is 0 Å². The highest BCUT2D eigenvalue weighted by Gasteiger charge is 2.10. The molecule has 0 spiro atoms. The summed E-state index contributed by atoms with van der Waals surface area (Å²) in [6, 6.07) is 22.4. The van der Waals surface area contributed by atoms with Gasteiger partial charge in [-0.05, 0) is 35.2 Å². The van der Waals surface area contributed by atoms with Crippen molar-refractivity contribution in [1.29, 1.82) is 0 Å². The lowest BCUT2D eigenvalue weighted by Gasteiger charge is -2.18. The van der Waals surface area contributed by atoms with Gasteiger partial charge in [0, 0.05) is 25.0 Å². The Kier molecular flexibility index (Phi) is 5.36. The van der Waals surface area contributed by atoms with Gasteiger partial charge in [-0.1, -0.05) is 60.7 Å². The smallest absolute Gasteiger partial charge is 0.0914 e. The third-order valence-corrected chi connectivity index (χ3v) is 4.21. The number of nitrogens with zero attached hydrogens (tertiary/aromatic N) is 1. The first-order valence-corrected chi connectivity index (χ1v) is 8.21. The first-order chi connectivity index (χ1) is 11.7. The molecule has 24 heavy (non-hydrogen) atoms. The molecule has 0 radical (unpaired) electrons. The Balaban J connectivity index is 1.60. The lowest BCUT2D eigenvalue weighted by atomic mass is 10.0. The molecule has 1 aromatic heterocycles. The fourth-order valence-electron chi connectivity index (χ4n) is 2.70. The van der Waals surface area contributed by atoms with E-state index in [1.54, 1.807) is 6.20 Å². The van der Waals surface area contributed by atoms with Gasteiger partial charge in [0.05, 0.1) is 6.10 Å². The second-order valence-corrected chi connectivity index (χ2v) is 5.92. The molecule has 2 aromatic carbocycles. The summed E-state index contributed by atoms with van der Waals surface area (Å²) in [4.78, 5) is 4.16. The van der Waals surface area contributed by atoms with Gasteiger partial charge in [-0.25, -0.2) is 0 Å². The molecule has 0 aliphatic heterocycles. The van der Waals surface area contributed by atoms with E-state index in [9.17, 15) is 5.11 Å². The standard InChI is InChI=1S/C21H22N2O/c1-16(23-15-21(24)19-6-3-2-4-7-19)17-9-11-18(12-10-17)20-8-5-13-22-14-20/h2-14,16,21,23-24H,15H2,1H3. The van der Waals surface area contributed by atoms with E-state index in [1.807, 2.05) is 42.6 Å². The Bertz CT molecular complexity index is 742. The van der Waals surface area contributed by atoms with Crippen LogP contribution in [0.5, 0.6) is 0 Å². The monoisotopic (exact) mass is 318 g/mol. The normalized spacial score (nSPS) is 13.4. The molecule has 0 saturated carbocycles. The minimum absolute atomic E-state index is 0.173. The van der Waals surface area contributed by atoms with Gasteiger partial charge in [-0.3, -0.25) is 4.98 Å². The highest BCUT2D eigenvalue weighted by atomic mass is 16.3. The molecule has 0 amide bonds. The van der Waals surface area contributed by atoms with E-state index in [4.69, 9.17) is 0 Å². The van der Waals surface area contributed by atoms with Crippen LogP contribution in [-0.2, 0) is 0 Å². The van der Waals surface area contributed by atoms with Crippen LogP contribution < -0.4 is 5.32 Å². The van der Waals surface area contributed by atoms with Crippen LogP contribution in [0.3, 0.4) is 0 Å². The minimum Gasteiger partial charge on any atom is -0.387 e. The van der Waals surface area contributed by atoms with Crippen molar-refractivity contribution >= 4 is 0 Å². The molecule has 2 atom stereocenters. The molecule has 2 N–H and O–H groups in total. The summed E-state index contributed by atoms with van der Waals surface area (Å²) in [5.41, 5.74) is 4.40. The van der Waals surface area contributed by atoms with E-state index >= 15 is 0 Å². The third kappa shape index (κ3) is 4.07. The number of nitrogens with one attached hydrogen (secondary N) is 1. The largest absolute Gasteiger partial charge is 0.387 e. The molecular formula is C21H22N2O. The molecule has 1 heterocycles. The van der Waals surface area contributed by atoms with Crippen molar-refractivity contribution in [3.05, 3.63) is 90.3 Å². The zero-order valence-electron chi connectivity index (χ0n) is 13.8. The highest BCUT2D eigenvalue weighted by molar-refractivity contribution is 5.62. The van der Waals surface area contributed by atoms with Crippen molar-refractivity contribution in [2.45, 2.75) is 19.1 Å². The molecular weight excluding hydrogens is 296 g/mol. The van der Waals surface area contributed by atoms with E-state index in [-0.39, 0.29) is 6.04 Å². The average molecular weight is 318 g/mol. The molecule has 0 bridgehead atoms. The first kappa shape index (κ1) is 16.4. The van der Waals surface area contributed by atoms with E-state index in [0.29, 0.717) is 6.54 Å². The molecule has 0 aliphatic carbocycles. The second kappa shape index (κ2) is 7.86. The Morgan fingerprint density at radius 1 is 0.875 bits per heavy atom. The van der Waals surface area contributed by atoms with Crippen LogP contribution in [0.2, 0.25) is 0 Å². The molecule has 0 aliphatic rings. The van der Waals surface area contributed by atoms with Gasteiger partial charge in [0.2, 0.25) is 0 Å². The van der Waals surface area contributed by atoms with E-state index in [2.05, 4.69) is 47.6 Å². The number of rotatable bonds is 6. The molecule has 3 rings (SSSR count). The molecule has 2 unspecified atom stereocenters. The van der Waals surface area contributed by atoms with Crippen LogP contribution in [0, 0.1) is 0 Å². The maximum atomic E-state index is 10.2. The Morgan fingerprint density at radius 3 is 2.29 bits per heavy atom. The number of aliphatic hydroxyl groups is 1. The zero-order chi connectivity index (χ0) is 16.8. The topological polar surface area (TPSA) is 45.1 Å². The van der Waals surface area contributed by atoms with Gasteiger partial charge >= 0.3 is 0 Å². The summed E-state index contributed by atoms with van der Waals surface area (Å²) >= 11 is 0. The molecule has 3 aromatic rings. The number of pyridine rings is 1. The van der Waals surface area contributed by atoms with E-state index < -0.39 is 6.10 Å². The fourth-order valence-corrected chi connectivity index (χ4v) is 2.70. The Labute approximate surface area is 143 Å². The Morgan fingerprint density at radius 2 is 1.62 bits per heavy atom. The van der Waals surface area contributed by atoms with Crippen LogP contribution in [0.1, 0.15) is 30.2 Å². The maximum absolute atomic E-state index is 10.2. The summed E-state index contributed by atoms with van der Waals surface area (Å²) in [6.07, 6.45) is 3.15. The predicted octanol–water partition coefficient (Wildman–Crippen LogP) is 4.13. The van der Waals surface area contributed by atoms with Crippen molar-refractivity contribution in [2.75, 3.05) is 6.54 Å². The van der Waals surface area contributed by atoms with Crippen LogP contribution >= 0.6 is 0 Å².